The molecule has 0 fully saturated rings. The summed E-state index contributed by atoms with van der Waals surface area (Å²) < 4.78 is 21.0. The van der Waals surface area contributed by atoms with Gasteiger partial charge in [-0.2, -0.15) is 0 Å². The Morgan fingerprint density at radius 3 is 2.41 bits per heavy atom. The molecule has 0 aliphatic carbocycles. The molecule has 8 heteroatoms. The van der Waals surface area contributed by atoms with E-state index in [2.05, 4.69) is 29.4 Å². The van der Waals surface area contributed by atoms with Crippen molar-refractivity contribution in [3.8, 4) is 5.75 Å². The van der Waals surface area contributed by atoms with Crippen LogP contribution in [-0.4, -0.2) is 26.4 Å². The van der Waals surface area contributed by atoms with Crippen LogP contribution in [0.3, 0.4) is 0 Å². The first-order valence-electron chi connectivity index (χ1n) is 10.6. The largest absolute Gasteiger partial charge is 0.483 e. The van der Waals surface area contributed by atoms with E-state index in [1.54, 1.807) is 12.1 Å². The lowest BCUT2D eigenvalue weighted by Gasteiger charge is -2.19. The Morgan fingerprint density at radius 2 is 1.75 bits per heavy atom. The molecular formula is C24H29FN4O2S. The number of para-hydroxylation sites is 1. The van der Waals surface area contributed by atoms with Crippen molar-refractivity contribution in [1.82, 2.24) is 14.8 Å². The van der Waals surface area contributed by atoms with E-state index in [1.807, 2.05) is 49.6 Å². The third-order valence-electron chi connectivity index (χ3n) is 4.89. The molecule has 1 unspecified atom stereocenters. The maximum absolute atomic E-state index is 13.2. The number of benzene rings is 2. The Labute approximate surface area is 192 Å². The minimum absolute atomic E-state index is 0.0755. The molecule has 0 aliphatic rings. The zero-order valence-corrected chi connectivity index (χ0v) is 19.8. The molecule has 0 saturated carbocycles. The summed E-state index contributed by atoms with van der Waals surface area (Å²) in [6.45, 7) is 10.1. The third-order valence-corrected chi connectivity index (χ3v) is 5.83. The van der Waals surface area contributed by atoms with Gasteiger partial charge in [0.1, 0.15) is 11.6 Å². The van der Waals surface area contributed by atoms with Crippen LogP contribution in [-0.2, 0) is 4.79 Å². The van der Waals surface area contributed by atoms with Gasteiger partial charge in [-0.15, -0.1) is 10.2 Å². The van der Waals surface area contributed by atoms with Gasteiger partial charge in [0, 0.05) is 11.7 Å². The fourth-order valence-electron chi connectivity index (χ4n) is 3.35. The topological polar surface area (TPSA) is 69.0 Å². The van der Waals surface area contributed by atoms with Crippen LogP contribution in [0.1, 0.15) is 64.1 Å². The predicted octanol–water partition coefficient (Wildman–Crippen LogP) is 5.99. The van der Waals surface area contributed by atoms with Crippen molar-refractivity contribution in [3.05, 3.63) is 65.7 Å². The number of halogens is 1. The van der Waals surface area contributed by atoms with Gasteiger partial charge < -0.3 is 14.6 Å². The summed E-state index contributed by atoms with van der Waals surface area (Å²) in [5.74, 6) is 1.31. The maximum Gasteiger partial charge on any atom is 0.234 e. The second-order valence-corrected chi connectivity index (χ2v) is 9.04. The number of ether oxygens (including phenoxy) is 1. The van der Waals surface area contributed by atoms with Crippen LogP contribution in [0.2, 0.25) is 0 Å². The normalized spacial score (nSPS) is 12.2. The monoisotopic (exact) mass is 456 g/mol. The average molecular weight is 457 g/mol. The number of thioether (sulfide) groups is 1. The third kappa shape index (κ3) is 5.88. The number of aromatic nitrogens is 3. The number of anilines is 1. The molecule has 6 nitrogen and oxygen atoms in total. The summed E-state index contributed by atoms with van der Waals surface area (Å²) in [7, 11) is 0. The van der Waals surface area contributed by atoms with Crippen LogP contribution in [0.25, 0.3) is 0 Å². The van der Waals surface area contributed by atoms with Gasteiger partial charge in [-0.1, -0.05) is 43.8 Å². The second kappa shape index (κ2) is 10.6. The number of amides is 1. The van der Waals surface area contributed by atoms with Crippen LogP contribution in [0.4, 0.5) is 10.1 Å². The SMILES string of the molecule is CC(C)c1ccccc1NC(=O)CSc1nnc(C(C)Oc2ccc(F)cc2)n1C(C)C. The molecule has 0 radical (unpaired) electrons. The Hall–Kier alpha value is -2.87. The molecule has 170 valence electrons. The van der Waals surface area contributed by atoms with Gasteiger partial charge in [0.25, 0.3) is 0 Å². The molecule has 1 heterocycles. The van der Waals surface area contributed by atoms with Crippen molar-refractivity contribution in [1.29, 1.82) is 0 Å². The number of rotatable bonds is 9. The molecule has 0 aliphatic heterocycles. The van der Waals surface area contributed by atoms with E-state index in [-0.39, 0.29) is 23.5 Å². The minimum atomic E-state index is -0.392. The number of hydrogen-bond donors (Lipinski definition) is 1. The Balaban J connectivity index is 1.69. The van der Waals surface area contributed by atoms with Gasteiger partial charge >= 0.3 is 0 Å². The Kier molecular flexibility index (Phi) is 7.90. The van der Waals surface area contributed by atoms with Crippen LogP contribution in [0.5, 0.6) is 5.75 Å². The minimum Gasteiger partial charge on any atom is -0.483 e. The highest BCUT2D eigenvalue weighted by molar-refractivity contribution is 7.99. The van der Waals surface area contributed by atoms with E-state index in [0.717, 1.165) is 11.3 Å². The molecule has 2 aromatic carbocycles. The number of carbonyl (C=O) groups is 1. The molecule has 32 heavy (non-hydrogen) atoms. The number of hydrogen-bond acceptors (Lipinski definition) is 5. The molecule has 3 rings (SSSR count). The lowest BCUT2D eigenvalue weighted by Crippen LogP contribution is -2.17. The van der Waals surface area contributed by atoms with Gasteiger partial charge in [-0.3, -0.25) is 4.79 Å². The molecule has 1 amide bonds. The van der Waals surface area contributed by atoms with Crippen LogP contribution in [0.15, 0.2) is 53.7 Å². The molecule has 3 aromatic rings. The zero-order valence-electron chi connectivity index (χ0n) is 19.0. The van der Waals surface area contributed by atoms with Gasteiger partial charge in [-0.05, 0) is 62.6 Å². The summed E-state index contributed by atoms with van der Waals surface area (Å²) in [4.78, 5) is 12.6. The quantitative estimate of drug-likeness (QED) is 0.400. The first-order valence-corrected chi connectivity index (χ1v) is 11.6. The Bertz CT molecular complexity index is 1050. The fraction of sp³-hybridized carbons (Fsp3) is 0.375. The van der Waals surface area contributed by atoms with Crippen LogP contribution >= 0.6 is 11.8 Å². The molecule has 1 aromatic heterocycles. The smallest absolute Gasteiger partial charge is 0.234 e. The number of carbonyl (C=O) groups excluding carboxylic acids is 1. The lowest BCUT2D eigenvalue weighted by atomic mass is 10.0. The van der Waals surface area contributed by atoms with Crippen LogP contribution < -0.4 is 10.1 Å². The summed E-state index contributed by atoms with van der Waals surface area (Å²) in [5.41, 5.74) is 1.94. The molecule has 0 bridgehead atoms. The summed E-state index contributed by atoms with van der Waals surface area (Å²) in [5, 5.41) is 12.3. The lowest BCUT2D eigenvalue weighted by molar-refractivity contribution is -0.113. The van der Waals surface area contributed by atoms with Crippen molar-refractivity contribution >= 4 is 23.4 Å². The van der Waals surface area contributed by atoms with E-state index in [9.17, 15) is 9.18 Å². The zero-order chi connectivity index (χ0) is 23.3. The van der Waals surface area contributed by atoms with Gasteiger partial charge in [0.2, 0.25) is 5.91 Å². The molecule has 1 N–H and O–H groups in total. The van der Waals surface area contributed by atoms with Gasteiger partial charge in [0.05, 0.1) is 5.75 Å². The van der Waals surface area contributed by atoms with Crippen LogP contribution in [0, 0.1) is 5.82 Å². The van der Waals surface area contributed by atoms with E-state index in [1.165, 1.54) is 23.9 Å². The molecule has 0 spiro atoms. The standard InChI is InChI=1S/C24H29FN4O2S/c1-15(2)20-8-6-7-9-21(20)26-22(30)14-32-24-28-27-23(29(24)16(3)4)17(5)31-19-12-10-18(25)11-13-19/h6-13,15-17H,14H2,1-5H3,(H,26,30). The Morgan fingerprint density at radius 1 is 1.06 bits per heavy atom. The second-order valence-electron chi connectivity index (χ2n) is 8.10. The highest BCUT2D eigenvalue weighted by Crippen LogP contribution is 2.28. The summed E-state index contributed by atoms with van der Waals surface area (Å²) in [6, 6.07) is 13.8. The average Bonchev–Trinajstić information content (AvgIpc) is 3.18. The first-order chi connectivity index (χ1) is 15.3. The number of nitrogens with one attached hydrogen (secondary N) is 1. The highest BCUT2D eigenvalue weighted by Gasteiger charge is 2.22. The van der Waals surface area contributed by atoms with Crippen molar-refractivity contribution < 1.29 is 13.9 Å². The van der Waals surface area contributed by atoms with Crippen molar-refractivity contribution in [2.45, 2.75) is 57.8 Å². The fourth-order valence-corrected chi connectivity index (χ4v) is 4.22. The van der Waals surface area contributed by atoms with E-state index in [4.69, 9.17) is 4.74 Å². The molecule has 1 atom stereocenters. The number of nitrogens with zero attached hydrogens (tertiary/aromatic N) is 3. The first kappa shape index (κ1) is 23.8. The predicted molar refractivity (Wildman–Crippen MR) is 126 cm³/mol. The van der Waals surface area contributed by atoms with Gasteiger partial charge in [0.15, 0.2) is 17.1 Å². The van der Waals surface area contributed by atoms with Crippen molar-refractivity contribution in [2.75, 3.05) is 11.1 Å². The summed E-state index contributed by atoms with van der Waals surface area (Å²) >= 11 is 1.34. The van der Waals surface area contributed by atoms with Crippen molar-refractivity contribution in [2.24, 2.45) is 0 Å². The van der Waals surface area contributed by atoms with Crippen molar-refractivity contribution in [3.63, 3.8) is 0 Å². The van der Waals surface area contributed by atoms with E-state index in [0.29, 0.717) is 22.6 Å². The highest BCUT2D eigenvalue weighted by atomic mass is 32.2. The van der Waals surface area contributed by atoms with E-state index >= 15 is 0 Å². The van der Waals surface area contributed by atoms with E-state index < -0.39 is 6.10 Å². The van der Waals surface area contributed by atoms with Gasteiger partial charge in [-0.25, -0.2) is 4.39 Å². The summed E-state index contributed by atoms with van der Waals surface area (Å²) in [6.07, 6.45) is -0.392. The molecule has 0 saturated heterocycles. The maximum atomic E-state index is 13.2. The molecular weight excluding hydrogens is 427 g/mol.